The molecule has 2 aromatic heterocycles. The van der Waals surface area contributed by atoms with Gasteiger partial charge < -0.3 is 9.93 Å². The lowest BCUT2D eigenvalue weighted by Gasteiger charge is -1.82. The van der Waals surface area contributed by atoms with Gasteiger partial charge in [-0.2, -0.15) is 9.56 Å². The number of fused-ring (bicyclic) bond motifs is 1. The molecular formula is C6H5N3O. The lowest BCUT2D eigenvalue weighted by atomic mass is 10.5. The molecule has 0 amide bonds. The van der Waals surface area contributed by atoms with Crippen molar-refractivity contribution in [3.8, 4) is 0 Å². The van der Waals surface area contributed by atoms with E-state index >= 15 is 0 Å². The molecular weight excluding hydrogens is 130 g/mol. The zero-order valence-electron chi connectivity index (χ0n) is 5.11. The van der Waals surface area contributed by atoms with Crippen LogP contribution in [0.4, 0.5) is 0 Å². The third kappa shape index (κ3) is 0.500. The van der Waals surface area contributed by atoms with Crippen LogP contribution in [-0.4, -0.2) is 15.8 Å². The topological polar surface area (TPSA) is 54.3 Å². The molecule has 0 bridgehead atoms. The molecule has 4 heteroatoms. The van der Waals surface area contributed by atoms with E-state index in [9.17, 15) is 0 Å². The summed E-state index contributed by atoms with van der Waals surface area (Å²) >= 11 is 0. The third-order valence-electron chi connectivity index (χ3n) is 1.33. The van der Waals surface area contributed by atoms with E-state index in [0.29, 0.717) is 5.69 Å². The Morgan fingerprint density at radius 3 is 3.30 bits per heavy atom. The second kappa shape index (κ2) is 1.70. The number of nitrogens with one attached hydrogen (secondary N) is 1. The maximum Gasteiger partial charge on any atom is 0.211 e. The summed E-state index contributed by atoms with van der Waals surface area (Å²) in [5, 5.41) is 6.95. The fourth-order valence-corrected chi connectivity index (χ4v) is 0.869. The van der Waals surface area contributed by atoms with Crippen molar-refractivity contribution >= 4 is 11.9 Å². The Hall–Kier alpha value is -1.58. The first kappa shape index (κ1) is 5.22. The number of aromatic nitrogens is 2. The van der Waals surface area contributed by atoms with Crippen LogP contribution in [0.1, 0.15) is 5.69 Å². The van der Waals surface area contributed by atoms with E-state index in [1.807, 2.05) is 0 Å². The molecule has 0 aromatic carbocycles. The highest BCUT2D eigenvalue weighted by Gasteiger charge is 1.99. The van der Waals surface area contributed by atoms with Gasteiger partial charge in [0, 0.05) is 6.21 Å². The first-order valence-corrected chi connectivity index (χ1v) is 2.84. The summed E-state index contributed by atoms with van der Waals surface area (Å²) in [6, 6.07) is 3.57. The average molecular weight is 135 g/mol. The Morgan fingerprint density at radius 2 is 2.50 bits per heavy atom. The molecule has 0 saturated carbocycles. The number of rotatable bonds is 1. The molecule has 2 aromatic rings. The first-order valence-electron chi connectivity index (χ1n) is 2.84. The molecule has 0 saturated heterocycles. The van der Waals surface area contributed by atoms with Gasteiger partial charge in [0.15, 0.2) is 5.65 Å². The second-order valence-corrected chi connectivity index (χ2v) is 1.90. The molecule has 2 heterocycles. The molecule has 0 unspecified atom stereocenters. The molecule has 0 fully saturated rings. The van der Waals surface area contributed by atoms with Crippen LogP contribution < -0.4 is 0 Å². The fourth-order valence-electron chi connectivity index (χ4n) is 0.869. The van der Waals surface area contributed by atoms with E-state index in [4.69, 9.17) is 9.93 Å². The van der Waals surface area contributed by atoms with Gasteiger partial charge in [-0.1, -0.05) is 0 Å². The highest BCUT2D eigenvalue weighted by Crippen LogP contribution is 2.04. The highest BCUT2D eigenvalue weighted by atomic mass is 16.5. The van der Waals surface area contributed by atoms with Gasteiger partial charge >= 0.3 is 0 Å². The molecule has 0 spiro atoms. The predicted molar refractivity (Wildman–Crippen MR) is 35.3 cm³/mol. The van der Waals surface area contributed by atoms with Gasteiger partial charge in [0.25, 0.3) is 0 Å². The molecule has 1 N–H and O–H groups in total. The van der Waals surface area contributed by atoms with Crippen LogP contribution in [0.15, 0.2) is 23.0 Å². The normalized spacial score (nSPS) is 10.4. The average Bonchev–Trinajstić information content (AvgIpc) is 2.44. The number of hydrogen-bond acceptors (Lipinski definition) is 3. The van der Waals surface area contributed by atoms with Crippen molar-refractivity contribution in [1.29, 1.82) is 5.41 Å². The molecule has 0 aliphatic heterocycles. The van der Waals surface area contributed by atoms with E-state index < -0.39 is 0 Å². The molecule has 2 rings (SSSR count). The number of hydrogen-bond donors (Lipinski definition) is 1. The van der Waals surface area contributed by atoms with Gasteiger partial charge in [-0.25, -0.2) is 0 Å². The minimum absolute atomic E-state index is 0.701. The van der Waals surface area contributed by atoms with Crippen LogP contribution in [-0.2, 0) is 0 Å². The van der Waals surface area contributed by atoms with Gasteiger partial charge in [-0.05, 0) is 12.1 Å². The summed E-state index contributed by atoms with van der Waals surface area (Å²) in [4.78, 5) is 3.88. The largest absolute Gasteiger partial charge is 0.361 e. The van der Waals surface area contributed by atoms with Gasteiger partial charge in [0.1, 0.15) is 5.69 Å². The standard InChI is InChI=1S/C6H5N3O/c7-3-5-1-2-6-8-4-10-9(5)6/h1-4,7H. The Labute approximate surface area is 56.6 Å². The van der Waals surface area contributed by atoms with Crippen molar-refractivity contribution in [2.24, 2.45) is 0 Å². The van der Waals surface area contributed by atoms with Crippen LogP contribution in [0, 0.1) is 5.41 Å². The molecule has 10 heavy (non-hydrogen) atoms. The zero-order valence-corrected chi connectivity index (χ0v) is 5.11. The summed E-state index contributed by atoms with van der Waals surface area (Å²) in [5.74, 6) is 0. The summed E-state index contributed by atoms with van der Waals surface area (Å²) in [7, 11) is 0. The maximum atomic E-state index is 6.95. The first-order chi connectivity index (χ1) is 4.92. The van der Waals surface area contributed by atoms with Crippen LogP contribution >= 0.6 is 0 Å². The van der Waals surface area contributed by atoms with Crippen molar-refractivity contribution in [3.05, 3.63) is 24.2 Å². The van der Waals surface area contributed by atoms with Crippen molar-refractivity contribution in [3.63, 3.8) is 0 Å². The summed E-state index contributed by atoms with van der Waals surface area (Å²) < 4.78 is 6.43. The van der Waals surface area contributed by atoms with Gasteiger partial charge in [0.2, 0.25) is 6.39 Å². The number of nitrogens with zero attached hydrogens (tertiary/aromatic N) is 2. The lowest BCUT2D eigenvalue weighted by molar-refractivity contribution is 0.373. The molecule has 0 atom stereocenters. The van der Waals surface area contributed by atoms with Gasteiger partial charge in [-0.15, -0.1) is 0 Å². The summed E-state index contributed by atoms with van der Waals surface area (Å²) in [6.45, 7) is 0. The summed E-state index contributed by atoms with van der Waals surface area (Å²) in [6.07, 6.45) is 2.57. The van der Waals surface area contributed by atoms with Crippen molar-refractivity contribution in [2.45, 2.75) is 0 Å². The minimum Gasteiger partial charge on any atom is -0.361 e. The van der Waals surface area contributed by atoms with E-state index in [1.165, 1.54) is 17.2 Å². The van der Waals surface area contributed by atoms with Crippen LogP contribution in [0.3, 0.4) is 0 Å². The molecule has 0 aliphatic rings. The zero-order chi connectivity index (χ0) is 6.97. The molecule has 50 valence electrons. The smallest absolute Gasteiger partial charge is 0.211 e. The highest BCUT2D eigenvalue weighted by molar-refractivity contribution is 5.76. The Balaban J connectivity index is 2.88. The van der Waals surface area contributed by atoms with Crippen molar-refractivity contribution in [2.75, 3.05) is 0 Å². The Morgan fingerprint density at radius 1 is 1.60 bits per heavy atom. The predicted octanol–water partition coefficient (Wildman–Crippen LogP) is 0.925. The fraction of sp³-hybridized carbons (Fsp3) is 0. The van der Waals surface area contributed by atoms with Crippen molar-refractivity contribution in [1.82, 2.24) is 9.56 Å². The SMILES string of the molecule is N=Cc1ccc2ncon12. The molecule has 0 radical (unpaired) electrons. The molecule has 0 aliphatic carbocycles. The Bertz CT molecular complexity index is 360. The third-order valence-corrected chi connectivity index (χ3v) is 1.33. The van der Waals surface area contributed by atoms with E-state index in [2.05, 4.69) is 4.98 Å². The lowest BCUT2D eigenvalue weighted by Crippen LogP contribution is -1.84. The Kier molecular flexibility index (Phi) is 0.887. The quantitative estimate of drug-likeness (QED) is 0.591. The summed E-state index contributed by atoms with van der Waals surface area (Å²) in [5.41, 5.74) is 1.44. The van der Waals surface area contributed by atoms with Crippen LogP contribution in [0.5, 0.6) is 0 Å². The van der Waals surface area contributed by atoms with Crippen LogP contribution in [0.2, 0.25) is 0 Å². The monoisotopic (exact) mass is 135 g/mol. The van der Waals surface area contributed by atoms with E-state index in [0.717, 1.165) is 5.65 Å². The van der Waals surface area contributed by atoms with Crippen molar-refractivity contribution < 1.29 is 4.52 Å². The van der Waals surface area contributed by atoms with E-state index in [-0.39, 0.29) is 0 Å². The molecule has 4 nitrogen and oxygen atoms in total. The van der Waals surface area contributed by atoms with Gasteiger partial charge in [0.05, 0.1) is 0 Å². The van der Waals surface area contributed by atoms with Gasteiger partial charge in [-0.3, -0.25) is 0 Å². The second-order valence-electron chi connectivity index (χ2n) is 1.90. The van der Waals surface area contributed by atoms with E-state index in [1.54, 1.807) is 12.1 Å². The minimum atomic E-state index is 0.701. The van der Waals surface area contributed by atoms with Crippen LogP contribution in [0.25, 0.3) is 5.65 Å². The maximum absolute atomic E-state index is 6.95.